The van der Waals surface area contributed by atoms with Crippen LogP contribution in [0.15, 0.2) is 228 Å². The Bertz CT molecular complexity index is 4410. The summed E-state index contributed by atoms with van der Waals surface area (Å²) in [6, 6.07) is 78.9. The van der Waals surface area contributed by atoms with Crippen LogP contribution >= 0.6 is 0 Å². The van der Waals surface area contributed by atoms with Gasteiger partial charge in [-0.25, -0.2) is 14.8 Å². The molecule has 0 radical (unpaired) electrons. The van der Waals surface area contributed by atoms with Gasteiger partial charge in [-0.05, 0) is 217 Å². The molecule has 8 nitrogen and oxygen atoms in total. The van der Waals surface area contributed by atoms with Crippen LogP contribution in [0.3, 0.4) is 0 Å². The minimum absolute atomic E-state index is 0.0486. The van der Waals surface area contributed by atoms with Gasteiger partial charge >= 0.3 is 0 Å². The van der Waals surface area contributed by atoms with Crippen LogP contribution in [0.4, 0.5) is 5.69 Å². The standard InChI is InChI=1S/C40H34N2O2.C32H18N2.C4H11NO/c1-39(2)23-43-37(41-39)29-11-7-9-25(19-29)27-15-17-33-34-18-16-28(22-36(34)32-14-6-5-13-31(32)35(33)21-27)26-10-8-12-30(20-26)38-42-40(3,4)24-44-38;1-34-26-9-5-8-23(17-26)25-13-15-30-29-14-12-24(22-7-4-6-21(16-22)20-33)18-31(29)27-10-2-3-11-28(27)32(30)19-25;1-4(2,5)3-6/h5-22H,23-24H2,1-4H3;2-19H;6H,3,5H2,1-2H3. The van der Waals surface area contributed by atoms with Gasteiger partial charge in [-0.1, -0.05) is 152 Å². The van der Waals surface area contributed by atoms with Crippen LogP contribution in [-0.2, 0) is 9.47 Å². The second-order valence-electron chi connectivity index (χ2n) is 23.8. The Hall–Kier alpha value is -9.96. The molecule has 0 aliphatic carbocycles. The molecule has 0 saturated heterocycles. The molecule has 3 N–H and O–H groups in total. The zero-order chi connectivity index (χ0) is 58.3. The molecule has 0 unspecified atom stereocenters. The van der Waals surface area contributed by atoms with Gasteiger partial charge in [0.15, 0.2) is 5.69 Å². The van der Waals surface area contributed by atoms with Crippen molar-refractivity contribution in [3.05, 3.63) is 246 Å². The van der Waals surface area contributed by atoms with Crippen LogP contribution in [-0.4, -0.2) is 53.3 Å². The number of nitrogens with two attached hydrogens (primary N) is 1. The fourth-order valence-electron chi connectivity index (χ4n) is 11.3. The van der Waals surface area contributed by atoms with Gasteiger partial charge in [0.25, 0.3) is 0 Å². The summed E-state index contributed by atoms with van der Waals surface area (Å²) in [5.74, 6) is 1.45. The van der Waals surface area contributed by atoms with E-state index in [4.69, 9.17) is 36.9 Å². The quantitative estimate of drug-likeness (QED) is 0.122. The van der Waals surface area contributed by atoms with Crippen LogP contribution in [0, 0.1) is 17.9 Å². The van der Waals surface area contributed by atoms with Crippen molar-refractivity contribution in [2.24, 2.45) is 15.7 Å². The first-order chi connectivity index (χ1) is 40.5. The Morgan fingerprint density at radius 2 is 0.750 bits per heavy atom. The van der Waals surface area contributed by atoms with Crippen molar-refractivity contribution in [3.8, 4) is 50.6 Å². The summed E-state index contributed by atoms with van der Waals surface area (Å²) in [5.41, 5.74) is 16.8. The zero-order valence-electron chi connectivity index (χ0n) is 48.0. The lowest BCUT2D eigenvalue weighted by molar-refractivity contribution is 0.221. The third-order valence-electron chi connectivity index (χ3n) is 15.5. The number of nitrogens with zero attached hydrogens (tertiary/aromatic N) is 4. The first-order valence-electron chi connectivity index (χ1n) is 28.4. The van der Waals surface area contributed by atoms with E-state index in [0.717, 1.165) is 56.3 Å². The smallest absolute Gasteiger partial charge is 0.216 e. The lowest BCUT2D eigenvalue weighted by Crippen LogP contribution is -2.35. The van der Waals surface area contributed by atoms with Crippen molar-refractivity contribution in [1.29, 1.82) is 5.26 Å². The van der Waals surface area contributed by atoms with Gasteiger partial charge in [0, 0.05) is 16.7 Å². The third kappa shape index (κ3) is 11.1. The molecule has 12 aromatic rings. The number of ether oxygens (including phenoxy) is 2. The molecule has 0 bridgehead atoms. The van der Waals surface area contributed by atoms with Gasteiger partial charge in [0.1, 0.15) is 13.2 Å². The minimum Gasteiger partial charge on any atom is -0.475 e. The average Bonchev–Trinajstić information content (AvgIpc) is 4.06. The van der Waals surface area contributed by atoms with E-state index in [1.807, 2.05) is 36.4 Å². The van der Waals surface area contributed by atoms with E-state index in [1.54, 1.807) is 13.8 Å². The van der Waals surface area contributed by atoms with E-state index in [9.17, 15) is 5.26 Å². The van der Waals surface area contributed by atoms with Gasteiger partial charge in [0.05, 0.1) is 35.9 Å². The molecule has 2 heterocycles. The van der Waals surface area contributed by atoms with Crippen LogP contribution in [0.1, 0.15) is 58.2 Å². The fraction of sp³-hybridized carbons (Fsp3) is 0.158. The van der Waals surface area contributed by atoms with Crippen molar-refractivity contribution in [1.82, 2.24) is 0 Å². The van der Waals surface area contributed by atoms with Crippen LogP contribution < -0.4 is 5.73 Å². The molecule has 2 aliphatic heterocycles. The molecule has 0 atom stereocenters. The Labute approximate surface area is 490 Å². The highest BCUT2D eigenvalue weighted by atomic mass is 16.5. The van der Waals surface area contributed by atoms with Crippen molar-refractivity contribution < 1.29 is 14.6 Å². The highest BCUT2D eigenvalue weighted by Gasteiger charge is 2.28. The van der Waals surface area contributed by atoms with Crippen molar-refractivity contribution in [2.45, 2.75) is 58.2 Å². The second kappa shape index (κ2) is 22.1. The second-order valence-corrected chi connectivity index (χ2v) is 23.8. The number of aliphatic hydroxyl groups excluding tert-OH is 1. The van der Waals surface area contributed by atoms with Crippen molar-refractivity contribution in [3.63, 3.8) is 0 Å². The Morgan fingerprint density at radius 1 is 0.440 bits per heavy atom. The fourth-order valence-corrected chi connectivity index (χ4v) is 11.3. The van der Waals surface area contributed by atoms with E-state index < -0.39 is 5.54 Å². The number of fused-ring (bicyclic) bond motifs is 12. The molecule has 8 heteroatoms. The third-order valence-corrected chi connectivity index (χ3v) is 15.5. The maximum absolute atomic E-state index is 9.31. The SMILES string of the molecule is CC(C)(N)CO.CC1(C)COC(c2cccc(-c3ccc4c5ccc(-c6cccc(C7=NC(C)(C)CO7)c6)cc5c5ccccc5c4c3)c2)=N1.[C-]#[N+]c1cccc(-c2ccc3c4ccc(-c5cccc(C#N)c5)cc4c4ccccc4c3c2)c1. The summed E-state index contributed by atoms with van der Waals surface area (Å²) >= 11 is 0. The topological polar surface area (TPSA) is 118 Å². The molecular formula is C76H63N5O3. The number of hydrogen-bond acceptors (Lipinski definition) is 7. The Morgan fingerprint density at radius 3 is 1.08 bits per heavy atom. The lowest BCUT2D eigenvalue weighted by atomic mass is 9.90. The molecule has 0 amide bonds. The summed E-state index contributed by atoms with van der Waals surface area (Å²) in [4.78, 5) is 13.2. The molecule has 12 aromatic carbocycles. The summed E-state index contributed by atoms with van der Waals surface area (Å²) in [5, 5.41) is 32.3. The van der Waals surface area contributed by atoms with Crippen LogP contribution in [0.25, 0.3) is 114 Å². The van der Waals surface area contributed by atoms with Crippen molar-refractivity contribution >= 4 is 82.1 Å². The summed E-state index contributed by atoms with van der Waals surface area (Å²) < 4.78 is 11.9. The number of aliphatic hydroxyl groups is 1. The number of nitriles is 1. The normalized spacial score (nSPS) is 14.2. The molecule has 0 aromatic heterocycles. The average molecular weight is 1090 g/mol. The molecule has 2 aliphatic rings. The van der Waals surface area contributed by atoms with E-state index in [-0.39, 0.29) is 17.7 Å². The Kier molecular flexibility index (Phi) is 14.4. The van der Waals surface area contributed by atoms with Crippen molar-refractivity contribution in [2.75, 3.05) is 19.8 Å². The van der Waals surface area contributed by atoms with E-state index in [0.29, 0.717) is 24.5 Å². The van der Waals surface area contributed by atoms with E-state index in [1.165, 1.54) is 75.8 Å². The van der Waals surface area contributed by atoms with Gasteiger partial charge in [-0.2, -0.15) is 5.26 Å². The zero-order valence-corrected chi connectivity index (χ0v) is 48.0. The highest BCUT2D eigenvalue weighted by Crippen LogP contribution is 2.42. The molecule has 0 spiro atoms. The summed E-state index contributed by atoms with van der Waals surface area (Å²) in [6.45, 7) is 20.6. The lowest BCUT2D eigenvalue weighted by Gasteiger charge is -2.14. The largest absolute Gasteiger partial charge is 0.475 e. The minimum atomic E-state index is -0.403. The van der Waals surface area contributed by atoms with Gasteiger partial charge in [-0.15, -0.1) is 0 Å². The number of rotatable bonds is 7. The molecule has 0 fully saturated rings. The number of hydrogen-bond donors (Lipinski definition) is 2. The number of benzene rings is 12. The summed E-state index contributed by atoms with van der Waals surface area (Å²) in [7, 11) is 0. The highest BCUT2D eigenvalue weighted by molar-refractivity contribution is 6.27. The first-order valence-corrected chi connectivity index (χ1v) is 28.4. The summed E-state index contributed by atoms with van der Waals surface area (Å²) in [6.07, 6.45) is 0. The predicted octanol–water partition coefficient (Wildman–Crippen LogP) is 18.2. The van der Waals surface area contributed by atoms with E-state index in [2.05, 4.69) is 221 Å². The van der Waals surface area contributed by atoms with Gasteiger partial charge in [-0.3, -0.25) is 0 Å². The molecule has 84 heavy (non-hydrogen) atoms. The molecule has 0 saturated carbocycles. The molecular weight excluding hydrogens is 1030 g/mol. The maximum atomic E-state index is 9.31. The molecule has 14 rings (SSSR count). The van der Waals surface area contributed by atoms with Gasteiger partial charge < -0.3 is 20.3 Å². The number of aliphatic imine (C=N–C) groups is 2. The molecule has 410 valence electrons. The van der Waals surface area contributed by atoms with E-state index >= 15 is 0 Å². The van der Waals surface area contributed by atoms with Gasteiger partial charge in [0.2, 0.25) is 11.8 Å². The predicted molar refractivity (Wildman–Crippen MR) is 349 cm³/mol. The van der Waals surface area contributed by atoms with Crippen LogP contribution in [0.5, 0.6) is 0 Å². The first kappa shape index (κ1) is 54.6. The maximum Gasteiger partial charge on any atom is 0.216 e. The monoisotopic (exact) mass is 1090 g/mol. The Balaban J connectivity index is 0.000000155. The van der Waals surface area contributed by atoms with Crippen LogP contribution in [0.2, 0.25) is 0 Å².